The van der Waals surface area contributed by atoms with Gasteiger partial charge in [-0.15, -0.1) is 0 Å². The van der Waals surface area contributed by atoms with Gasteiger partial charge in [-0.25, -0.2) is 9.97 Å². The molecule has 3 nitrogen and oxygen atoms in total. The van der Waals surface area contributed by atoms with E-state index in [-0.39, 0.29) is 5.54 Å². The van der Waals surface area contributed by atoms with Crippen molar-refractivity contribution in [3.05, 3.63) is 54.0 Å². The Hall–Kier alpha value is -1.90. The Morgan fingerprint density at radius 3 is 2.55 bits per heavy atom. The summed E-state index contributed by atoms with van der Waals surface area (Å²) in [5, 5.41) is 3.51. The highest BCUT2D eigenvalue weighted by atomic mass is 15.1. The van der Waals surface area contributed by atoms with E-state index in [4.69, 9.17) is 0 Å². The van der Waals surface area contributed by atoms with Crippen LogP contribution in [0.5, 0.6) is 0 Å². The summed E-state index contributed by atoms with van der Waals surface area (Å²) < 4.78 is 0. The molecule has 3 heteroatoms. The van der Waals surface area contributed by atoms with Gasteiger partial charge in [0, 0.05) is 17.3 Å². The number of nitrogens with one attached hydrogen (secondary N) is 1. The molecule has 2 aromatic rings. The van der Waals surface area contributed by atoms with E-state index >= 15 is 0 Å². The molecule has 106 valence electrons. The highest BCUT2D eigenvalue weighted by Crippen LogP contribution is 2.19. The van der Waals surface area contributed by atoms with Crippen LogP contribution in [0.1, 0.15) is 38.4 Å². The van der Waals surface area contributed by atoms with Crippen molar-refractivity contribution in [1.82, 2.24) is 9.97 Å². The van der Waals surface area contributed by atoms with Gasteiger partial charge in [0.05, 0.1) is 0 Å². The molecule has 0 fully saturated rings. The lowest BCUT2D eigenvalue weighted by Gasteiger charge is -2.27. The summed E-state index contributed by atoms with van der Waals surface area (Å²) in [5.74, 6) is 0.912. The highest BCUT2D eigenvalue weighted by molar-refractivity contribution is 5.37. The Morgan fingerprint density at radius 1 is 1.10 bits per heavy atom. The molecule has 0 aliphatic carbocycles. The first kappa shape index (κ1) is 14.5. The van der Waals surface area contributed by atoms with Crippen LogP contribution in [0.3, 0.4) is 0 Å². The first-order valence-electron chi connectivity index (χ1n) is 7.22. The fourth-order valence-corrected chi connectivity index (χ4v) is 2.17. The number of aryl methyl sites for hydroxylation is 2. The Labute approximate surface area is 121 Å². The van der Waals surface area contributed by atoms with Crippen LogP contribution in [0.15, 0.2) is 42.7 Å². The third-order valence-corrected chi connectivity index (χ3v) is 3.43. The van der Waals surface area contributed by atoms with Crippen LogP contribution in [0, 0.1) is 0 Å². The summed E-state index contributed by atoms with van der Waals surface area (Å²) in [6.45, 7) is 6.53. The van der Waals surface area contributed by atoms with E-state index in [1.54, 1.807) is 6.33 Å². The predicted molar refractivity (Wildman–Crippen MR) is 83.9 cm³/mol. The lowest BCUT2D eigenvalue weighted by molar-refractivity contribution is 0.516. The molecule has 0 atom stereocenters. The molecule has 0 aliphatic rings. The zero-order valence-electron chi connectivity index (χ0n) is 12.6. The van der Waals surface area contributed by atoms with Crippen molar-refractivity contribution in [2.24, 2.45) is 0 Å². The van der Waals surface area contributed by atoms with Gasteiger partial charge in [0.2, 0.25) is 0 Å². The summed E-state index contributed by atoms with van der Waals surface area (Å²) >= 11 is 0. The molecule has 0 spiro atoms. The van der Waals surface area contributed by atoms with Crippen molar-refractivity contribution in [1.29, 1.82) is 0 Å². The summed E-state index contributed by atoms with van der Waals surface area (Å²) in [6, 6.07) is 12.6. The number of hydrogen-bond acceptors (Lipinski definition) is 3. The second-order valence-electron chi connectivity index (χ2n) is 5.74. The molecule has 20 heavy (non-hydrogen) atoms. The Kier molecular flexibility index (Phi) is 4.72. The van der Waals surface area contributed by atoms with Crippen LogP contribution < -0.4 is 5.32 Å². The molecular formula is C17H23N3. The van der Waals surface area contributed by atoms with E-state index in [1.807, 2.05) is 6.07 Å². The molecule has 0 bridgehead atoms. The number of benzene rings is 1. The van der Waals surface area contributed by atoms with Gasteiger partial charge in [-0.2, -0.15) is 0 Å². The monoisotopic (exact) mass is 269 g/mol. The van der Waals surface area contributed by atoms with Crippen LogP contribution >= 0.6 is 0 Å². The van der Waals surface area contributed by atoms with Crippen molar-refractivity contribution >= 4 is 5.82 Å². The van der Waals surface area contributed by atoms with Crippen molar-refractivity contribution in [3.63, 3.8) is 0 Å². The molecule has 0 radical (unpaired) electrons. The summed E-state index contributed by atoms with van der Waals surface area (Å²) in [5.41, 5.74) is 2.45. The molecule has 0 saturated carbocycles. The minimum atomic E-state index is 0.00913. The normalized spacial score (nSPS) is 11.3. The van der Waals surface area contributed by atoms with E-state index < -0.39 is 0 Å². The Bertz CT molecular complexity index is 535. The fraction of sp³-hybridized carbons (Fsp3) is 0.412. The first-order chi connectivity index (χ1) is 9.59. The van der Waals surface area contributed by atoms with E-state index in [2.05, 4.69) is 66.4 Å². The predicted octanol–water partition coefficient (Wildman–Crippen LogP) is 3.86. The van der Waals surface area contributed by atoms with Crippen LogP contribution in [0.25, 0.3) is 0 Å². The van der Waals surface area contributed by atoms with Crippen molar-refractivity contribution in [2.45, 2.75) is 45.6 Å². The van der Waals surface area contributed by atoms with Crippen molar-refractivity contribution in [3.8, 4) is 0 Å². The minimum Gasteiger partial charge on any atom is -0.365 e. The van der Waals surface area contributed by atoms with Crippen molar-refractivity contribution in [2.75, 3.05) is 5.32 Å². The molecule has 1 N–H and O–H groups in total. The second-order valence-corrected chi connectivity index (χ2v) is 5.74. The van der Waals surface area contributed by atoms with E-state index in [0.717, 1.165) is 30.8 Å². The largest absolute Gasteiger partial charge is 0.365 e. The van der Waals surface area contributed by atoms with Gasteiger partial charge < -0.3 is 5.32 Å². The van der Waals surface area contributed by atoms with Gasteiger partial charge in [0.1, 0.15) is 12.1 Å². The highest BCUT2D eigenvalue weighted by Gasteiger charge is 2.18. The van der Waals surface area contributed by atoms with Crippen LogP contribution in [-0.2, 0) is 12.8 Å². The number of anilines is 1. The Balaban J connectivity index is 1.96. The van der Waals surface area contributed by atoms with Gasteiger partial charge in [0.25, 0.3) is 0 Å². The maximum Gasteiger partial charge on any atom is 0.130 e. The molecule has 0 aliphatic heterocycles. The molecule has 0 amide bonds. The second kappa shape index (κ2) is 6.51. The molecule has 1 aromatic heterocycles. The number of nitrogens with zero attached hydrogens (tertiary/aromatic N) is 2. The Morgan fingerprint density at radius 2 is 1.85 bits per heavy atom. The topological polar surface area (TPSA) is 37.8 Å². The van der Waals surface area contributed by atoms with Gasteiger partial charge in [0.15, 0.2) is 0 Å². The number of aromatic nitrogens is 2. The van der Waals surface area contributed by atoms with E-state index in [1.165, 1.54) is 5.56 Å². The maximum absolute atomic E-state index is 4.31. The molecular weight excluding hydrogens is 246 g/mol. The molecule has 1 heterocycles. The van der Waals surface area contributed by atoms with Crippen LogP contribution in [-0.4, -0.2) is 15.5 Å². The average Bonchev–Trinajstić information content (AvgIpc) is 2.46. The van der Waals surface area contributed by atoms with Gasteiger partial charge in [-0.1, -0.05) is 37.3 Å². The van der Waals surface area contributed by atoms with Gasteiger partial charge in [-0.05, 0) is 38.7 Å². The summed E-state index contributed by atoms with van der Waals surface area (Å²) in [6.07, 6.45) is 4.69. The van der Waals surface area contributed by atoms with E-state index in [9.17, 15) is 0 Å². The number of rotatable bonds is 6. The average molecular weight is 269 g/mol. The molecule has 0 unspecified atom stereocenters. The van der Waals surface area contributed by atoms with Gasteiger partial charge in [-0.3, -0.25) is 0 Å². The zero-order chi connectivity index (χ0) is 14.4. The third kappa shape index (κ3) is 4.34. The zero-order valence-corrected chi connectivity index (χ0v) is 12.6. The van der Waals surface area contributed by atoms with Crippen molar-refractivity contribution < 1.29 is 0 Å². The third-order valence-electron chi connectivity index (χ3n) is 3.43. The fourth-order valence-electron chi connectivity index (χ4n) is 2.17. The molecule has 2 rings (SSSR count). The SMILES string of the molecule is CCc1cc(NC(C)(C)CCc2ccccc2)ncn1. The minimum absolute atomic E-state index is 0.00913. The first-order valence-corrected chi connectivity index (χ1v) is 7.22. The summed E-state index contributed by atoms with van der Waals surface area (Å²) in [7, 11) is 0. The lowest BCUT2D eigenvalue weighted by Crippen LogP contribution is -2.32. The quantitative estimate of drug-likeness (QED) is 0.865. The maximum atomic E-state index is 4.31. The molecule has 1 aromatic carbocycles. The smallest absolute Gasteiger partial charge is 0.130 e. The summed E-state index contributed by atoms with van der Waals surface area (Å²) in [4.78, 5) is 8.54. The standard InChI is InChI=1S/C17H23N3/c1-4-15-12-16(19-13-18-15)20-17(2,3)11-10-14-8-6-5-7-9-14/h5-9,12-13H,4,10-11H2,1-3H3,(H,18,19,20). The lowest BCUT2D eigenvalue weighted by atomic mass is 9.95. The van der Waals surface area contributed by atoms with Crippen LogP contribution in [0.4, 0.5) is 5.82 Å². The van der Waals surface area contributed by atoms with E-state index in [0.29, 0.717) is 0 Å². The van der Waals surface area contributed by atoms with Gasteiger partial charge >= 0.3 is 0 Å². The van der Waals surface area contributed by atoms with Crippen LogP contribution in [0.2, 0.25) is 0 Å². The number of hydrogen-bond donors (Lipinski definition) is 1. The molecule has 0 saturated heterocycles.